The first-order valence-electron chi connectivity index (χ1n) is 11.2. The molecule has 0 aliphatic heterocycles. The maximum atomic E-state index is 10.2. The average Bonchev–Trinajstić information content (AvgIpc) is 2.80. The summed E-state index contributed by atoms with van der Waals surface area (Å²) >= 11 is 0. The fourth-order valence-corrected chi connectivity index (χ4v) is 3.43. The van der Waals surface area contributed by atoms with Crippen LogP contribution < -0.4 is 5.32 Å². The number of rotatable bonds is 16. The minimum absolute atomic E-state index is 0.0418. The van der Waals surface area contributed by atoms with Crippen LogP contribution in [-0.4, -0.2) is 46.7 Å². The summed E-state index contributed by atoms with van der Waals surface area (Å²) in [6, 6.07) is 14.5. The van der Waals surface area contributed by atoms with E-state index in [-0.39, 0.29) is 12.4 Å². The van der Waals surface area contributed by atoms with Gasteiger partial charge in [-0.3, -0.25) is 0 Å². The molecule has 2 atom stereocenters. The van der Waals surface area contributed by atoms with Gasteiger partial charge < -0.3 is 30.5 Å². The number of hydrogen-bond acceptors (Lipinski definition) is 6. The van der Waals surface area contributed by atoms with Crippen LogP contribution in [0.4, 0.5) is 0 Å². The first kappa shape index (κ1) is 25.3. The smallest absolute Gasteiger partial charge is 0.121 e. The van der Waals surface area contributed by atoms with Crippen molar-refractivity contribution in [2.75, 3.05) is 26.3 Å². The first-order valence-corrected chi connectivity index (χ1v) is 11.2. The van der Waals surface area contributed by atoms with E-state index < -0.39 is 12.2 Å². The predicted molar refractivity (Wildman–Crippen MR) is 122 cm³/mol. The van der Waals surface area contributed by atoms with E-state index in [4.69, 9.17) is 4.74 Å². The van der Waals surface area contributed by atoms with Crippen molar-refractivity contribution in [2.24, 2.45) is 0 Å². The molecule has 1 unspecified atom stereocenters. The van der Waals surface area contributed by atoms with Gasteiger partial charge in [-0.1, -0.05) is 49.2 Å². The SMILES string of the molecule is OCc1cc([C@@H](O)CNCCCCCCOCCCC(O)c2ccccc2)ccc1O. The highest BCUT2D eigenvalue weighted by molar-refractivity contribution is 5.36. The molecule has 172 valence electrons. The molecular weight excluding hydrogens is 394 g/mol. The van der Waals surface area contributed by atoms with Crippen molar-refractivity contribution in [3.8, 4) is 5.75 Å². The molecule has 0 aliphatic rings. The van der Waals surface area contributed by atoms with Crippen LogP contribution in [0.25, 0.3) is 0 Å². The molecule has 2 aromatic rings. The van der Waals surface area contributed by atoms with Crippen LogP contribution in [0.5, 0.6) is 5.75 Å². The Morgan fingerprint density at radius 2 is 1.55 bits per heavy atom. The summed E-state index contributed by atoms with van der Waals surface area (Å²) in [4.78, 5) is 0. The summed E-state index contributed by atoms with van der Waals surface area (Å²) in [6.07, 6.45) is 4.76. The molecule has 0 heterocycles. The Morgan fingerprint density at radius 3 is 2.32 bits per heavy atom. The van der Waals surface area contributed by atoms with E-state index >= 15 is 0 Å². The number of aromatic hydroxyl groups is 1. The zero-order chi connectivity index (χ0) is 22.3. The fourth-order valence-electron chi connectivity index (χ4n) is 3.43. The first-order chi connectivity index (χ1) is 15.1. The lowest BCUT2D eigenvalue weighted by molar-refractivity contribution is 0.104. The summed E-state index contributed by atoms with van der Waals surface area (Å²) in [6.45, 7) is 2.45. The maximum absolute atomic E-state index is 10.2. The molecule has 0 amide bonds. The third-order valence-corrected chi connectivity index (χ3v) is 5.34. The van der Waals surface area contributed by atoms with E-state index in [0.29, 0.717) is 30.7 Å². The van der Waals surface area contributed by atoms with Crippen LogP contribution in [0, 0.1) is 0 Å². The molecule has 2 rings (SSSR count). The number of hydrogen-bond donors (Lipinski definition) is 5. The second-order valence-electron chi connectivity index (χ2n) is 7.86. The molecule has 0 saturated carbocycles. The van der Waals surface area contributed by atoms with Gasteiger partial charge in [0, 0.05) is 25.3 Å². The van der Waals surface area contributed by atoms with Crippen molar-refractivity contribution in [1.29, 1.82) is 0 Å². The van der Waals surface area contributed by atoms with Crippen molar-refractivity contribution in [2.45, 2.75) is 57.3 Å². The van der Waals surface area contributed by atoms with Crippen molar-refractivity contribution in [3.63, 3.8) is 0 Å². The Hall–Kier alpha value is -1.96. The summed E-state index contributed by atoms with van der Waals surface area (Å²) in [5, 5.41) is 42.3. The van der Waals surface area contributed by atoms with Crippen LogP contribution in [0.3, 0.4) is 0 Å². The van der Waals surface area contributed by atoms with Gasteiger partial charge >= 0.3 is 0 Å². The van der Waals surface area contributed by atoms with Gasteiger partial charge in [0.25, 0.3) is 0 Å². The van der Waals surface area contributed by atoms with Crippen LogP contribution in [0.15, 0.2) is 48.5 Å². The minimum Gasteiger partial charge on any atom is -0.508 e. The zero-order valence-corrected chi connectivity index (χ0v) is 18.2. The lowest BCUT2D eigenvalue weighted by Crippen LogP contribution is -2.22. The van der Waals surface area contributed by atoms with E-state index in [9.17, 15) is 20.4 Å². The largest absolute Gasteiger partial charge is 0.508 e. The molecule has 0 aliphatic carbocycles. The number of aliphatic hydroxyl groups is 3. The quantitative estimate of drug-likeness (QED) is 0.260. The molecule has 5 N–H and O–H groups in total. The number of aliphatic hydroxyl groups excluding tert-OH is 3. The van der Waals surface area contributed by atoms with Gasteiger partial charge in [0.05, 0.1) is 18.8 Å². The van der Waals surface area contributed by atoms with Crippen molar-refractivity contribution in [3.05, 3.63) is 65.2 Å². The number of ether oxygens (including phenoxy) is 1. The maximum Gasteiger partial charge on any atom is 0.121 e. The third-order valence-electron chi connectivity index (χ3n) is 5.34. The molecule has 0 spiro atoms. The van der Waals surface area contributed by atoms with Gasteiger partial charge in [-0.05, 0) is 55.5 Å². The van der Waals surface area contributed by atoms with Gasteiger partial charge in [0.2, 0.25) is 0 Å². The molecular formula is C25H37NO5. The van der Waals surface area contributed by atoms with Crippen LogP contribution in [0.2, 0.25) is 0 Å². The van der Waals surface area contributed by atoms with Crippen LogP contribution in [-0.2, 0) is 11.3 Å². The molecule has 6 nitrogen and oxygen atoms in total. The highest BCUT2D eigenvalue weighted by atomic mass is 16.5. The number of unbranched alkanes of at least 4 members (excludes halogenated alkanes) is 3. The molecule has 0 radical (unpaired) electrons. The second kappa shape index (κ2) is 14.9. The van der Waals surface area contributed by atoms with E-state index in [0.717, 1.165) is 50.8 Å². The molecule has 6 heteroatoms. The Balaban J connectivity index is 1.41. The lowest BCUT2D eigenvalue weighted by Gasteiger charge is -2.14. The average molecular weight is 432 g/mol. The van der Waals surface area contributed by atoms with Crippen molar-refractivity contribution in [1.82, 2.24) is 5.32 Å². The monoisotopic (exact) mass is 431 g/mol. The zero-order valence-electron chi connectivity index (χ0n) is 18.2. The van der Waals surface area contributed by atoms with Gasteiger partial charge in [-0.2, -0.15) is 0 Å². The number of benzene rings is 2. The number of phenols is 1. The Kier molecular flexibility index (Phi) is 12.2. The summed E-state index contributed by atoms with van der Waals surface area (Å²) in [5.74, 6) is 0.0418. The Labute approximate surface area is 185 Å². The Morgan fingerprint density at radius 1 is 0.806 bits per heavy atom. The van der Waals surface area contributed by atoms with E-state index in [2.05, 4.69) is 5.32 Å². The topological polar surface area (TPSA) is 102 Å². The molecule has 2 aromatic carbocycles. The van der Waals surface area contributed by atoms with Gasteiger partial charge in [-0.25, -0.2) is 0 Å². The van der Waals surface area contributed by atoms with Crippen molar-refractivity contribution < 1.29 is 25.2 Å². The van der Waals surface area contributed by atoms with Crippen LogP contribution >= 0.6 is 0 Å². The van der Waals surface area contributed by atoms with Crippen LogP contribution in [0.1, 0.15) is 67.4 Å². The highest BCUT2D eigenvalue weighted by Gasteiger charge is 2.10. The standard InChI is InChI=1S/C25H37NO5/c27-19-22-17-21(12-13-24(22)29)25(30)18-26-14-6-1-2-7-15-31-16-8-11-23(28)20-9-4-3-5-10-20/h3-5,9-10,12-13,17,23,25-30H,1-2,6-8,11,14-16,18-19H2/t23?,25-/m0/s1. The van der Waals surface area contributed by atoms with Gasteiger partial charge in [0.15, 0.2) is 0 Å². The second-order valence-corrected chi connectivity index (χ2v) is 7.86. The molecule has 0 saturated heterocycles. The summed E-state index contributed by atoms with van der Waals surface area (Å²) in [7, 11) is 0. The summed E-state index contributed by atoms with van der Waals surface area (Å²) < 4.78 is 5.66. The minimum atomic E-state index is -0.667. The Bertz CT molecular complexity index is 725. The molecule has 0 fully saturated rings. The molecule has 0 bridgehead atoms. The highest BCUT2D eigenvalue weighted by Crippen LogP contribution is 2.22. The van der Waals surface area contributed by atoms with Gasteiger partial charge in [0.1, 0.15) is 5.75 Å². The molecule has 0 aromatic heterocycles. The lowest BCUT2D eigenvalue weighted by atomic mass is 10.1. The fraction of sp³-hybridized carbons (Fsp3) is 0.520. The number of nitrogens with one attached hydrogen (secondary N) is 1. The van der Waals surface area contributed by atoms with Gasteiger partial charge in [-0.15, -0.1) is 0 Å². The molecule has 31 heavy (non-hydrogen) atoms. The third kappa shape index (κ3) is 9.80. The summed E-state index contributed by atoms with van der Waals surface area (Å²) in [5.41, 5.74) is 2.07. The van der Waals surface area contributed by atoms with E-state index in [1.807, 2.05) is 30.3 Å². The van der Waals surface area contributed by atoms with Crippen molar-refractivity contribution >= 4 is 0 Å². The predicted octanol–water partition coefficient (Wildman–Crippen LogP) is 3.60. The van der Waals surface area contributed by atoms with E-state index in [1.54, 1.807) is 12.1 Å². The van der Waals surface area contributed by atoms with E-state index in [1.165, 1.54) is 6.07 Å². The normalized spacial score (nSPS) is 13.3.